The zero-order chi connectivity index (χ0) is 14.7. The van der Waals surface area contributed by atoms with E-state index in [4.69, 9.17) is 9.84 Å². The summed E-state index contributed by atoms with van der Waals surface area (Å²) in [6, 6.07) is 7.46. The topological polar surface area (TPSA) is 49.8 Å². The number of aromatic carboxylic acids is 1. The number of benzene rings is 1. The second-order valence-corrected chi connectivity index (χ2v) is 6.20. The van der Waals surface area contributed by atoms with Crippen molar-refractivity contribution >= 4 is 5.97 Å². The van der Waals surface area contributed by atoms with E-state index in [2.05, 4.69) is 4.90 Å². The molecular formula is C17H23NO3. The molecule has 0 amide bonds. The number of carboxylic acids is 1. The second kappa shape index (κ2) is 6.48. The van der Waals surface area contributed by atoms with Gasteiger partial charge in [0.1, 0.15) is 5.75 Å². The zero-order valence-electron chi connectivity index (χ0n) is 12.3. The van der Waals surface area contributed by atoms with Gasteiger partial charge < -0.3 is 9.84 Å². The van der Waals surface area contributed by atoms with E-state index >= 15 is 0 Å². The molecule has 0 bridgehead atoms. The van der Waals surface area contributed by atoms with Gasteiger partial charge in [0.15, 0.2) is 0 Å². The van der Waals surface area contributed by atoms with Crippen molar-refractivity contribution in [3.8, 4) is 5.75 Å². The highest BCUT2D eigenvalue weighted by atomic mass is 16.5. The third kappa shape index (κ3) is 4.46. The highest BCUT2D eigenvalue weighted by molar-refractivity contribution is 5.87. The molecule has 0 radical (unpaired) electrons. The molecule has 1 aromatic rings. The minimum atomic E-state index is -0.901. The fourth-order valence-corrected chi connectivity index (χ4v) is 2.65. The summed E-state index contributed by atoms with van der Waals surface area (Å²) in [6.07, 6.45) is 6.59. The zero-order valence-corrected chi connectivity index (χ0v) is 12.3. The Morgan fingerprint density at radius 1 is 1.19 bits per heavy atom. The van der Waals surface area contributed by atoms with Crippen molar-refractivity contribution in [1.82, 2.24) is 4.90 Å². The molecule has 0 saturated heterocycles. The van der Waals surface area contributed by atoms with Gasteiger partial charge in [-0.3, -0.25) is 4.90 Å². The van der Waals surface area contributed by atoms with Crippen molar-refractivity contribution in [3.63, 3.8) is 0 Å². The number of hydrogen-bond donors (Lipinski definition) is 1. The number of carboxylic acid groups (broad SMARTS) is 1. The second-order valence-electron chi connectivity index (χ2n) is 6.20. The molecule has 3 rings (SSSR count). The molecule has 114 valence electrons. The fraction of sp³-hybridized carbons (Fsp3) is 0.588. The van der Waals surface area contributed by atoms with Crippen LogP contribution in [0.1, 0.15) is 42.5 Å². The molecular weight excluding hydrogens is 266 g/mol. The first kappa shape index (κ1) is 14.4. The van der Waals surface area contributed by atoms with Crippen molar-refractivity contribution in [2.24, 2.45) is 5.92 Å². The van der Waals surface area contributed by atoms with E-state index in [1.165, 1.54) is 32.2 Å². The maximum atomic E-state index is 10.8. The molecule has 0 spiro atoms. The first-order valence-electron chi connectivity index (χ1n) is 7.92. The largest absolute Gasteiger partial charge is 0.494 e. The van der Waals surface area contributed by atoms with Gasteiger partial charge in [-0.1, -0.05) is 0 Å². The van der Waals surface area contributed by atoms with E-state index in [-0.39, 0.29) is 0 Å². The molecule has 0 atom stereocenters. The van der Waals surface area contributed by atoms with Crippen LogP contribution in [0.5, 0.6) is 5.75 Å². The summed E-state index contributed by atoms with van der Waals surface area (Å²) in [4.78, 5) is 13.4. The maximum Gasteiger partial charge on any atom is 0.335 e. The van der Waals surface area contributed by atoms with Gasteiger partial charge >= 0.3 is 5.97 Å². The Labute approximate surface area is 125 Å². The molecule has 0 heterocycles. The molecule has 21 heavy (non-hydrogen) atoms. The number of carbonyl (C=O) groups is 1. The van der Waals surface area contributed by atoms with E-state index in [0.29, 0.717) is 12.2 Å². The number of hydrogen-bond acceptors (Lipinski definition) is 3. The summed E-state index contributed by atoms with van der Waals surface area (Å²) >= 11 is 0. The van der Waals surface area contributed by atoms with Gasteiger partial charge in [-0.2, -0.15) is 0 Å². The van der Waals surface area contributed by atoms with Gasteiger partial charge in [0, 0.05) is 19.1 Å². The van der Waals surface area contributed by atoms with Crippen LogP contribution >= 0.6 is 0 Å². The summed E-state index contributed by atoms with van der Waals surface area (Å²) < 4.78 is 5.69. The minimum absolute atomic E-state index is 0.298. The Morgan fingerprint density at radius 2 is 1.90 bits per heavy atom. The van der Waals surface area contributed by atoms with E-state index in [0.717, 1.165) is 30.7 Å². The summed E-state index contributed by atoms with van der Waals surface area (Å²) in [7, 11) is 0. The third-order valence-electron chi connectivity index (χ3n) is 4.21. The van der Waals surface area contributed by atoms with Crippen LogP contribution in [0.15, 0.2) is 24.3 Å². The third-order valence-corrected chi connectivity index (χ3v) is 4.21. The van der Waals surface area contributed by atoms with E-state index in [1.54, 1.807) is 24.3 Å². The van der Waals surface area contributed by atoms with Gasteiger partial charge in [0.2, 0.25) is 0 Å². The van der Waals surface area contributed by atoms with Crippen molar-refractivity contribution < 1.29 is 14.6 Å². The highest BCUT2D eigenvalue weighted by Crippen LogP contribution is 2.34. The number of ether oxygens (including phenoxy) is 1. The lowest BCUT2D eigenvalue weighted by atomic mass is 10.2. The minimum Gasteiger partial charge on any atom is -0.494 e. The highest BCUT2D eigenvalue weighted by Gasteiger charge is 2.33. The molecule has 0 aliphatic heterocycles. The molecule has 0 unspecified atom stereocenters. The SMILES string of the molecule is O=C(O)c1ccc(OCCCN(CC2CC2)C2CC2)cc1. The van der Waals surface area contributed by atoms with Gasteiger partial charge in [-0.25, -0.2) is 4.79 Å². The molecule has 0 aromatic heterocycles. The van der Waals surface area contributed by atoms with Crippen LogP contribution in [0.25, 0.3) is 0 Å². The van der Waals surface area contributed by atoms with Crippen molar-refractivity contribution in [3.05, 3.63) is 29.8 Å². The van der Waals surface area contributed by atoms with Crippen molar-refractivity contribution in [1.29, 1.82) is 0 Å². The molecule has 2 saturated carbocycles. The quantitative estimate of drug-likeness (QED) is 0.710. The molecule has 2 aliphatic carbocycles. The maximum absolute atomic E-state index is 10.8. The van der Waals surface area contributed by atoms with E-state index in [1.807, 2.05) is 0 Å². The van der Waals surface area contributed by atoms with Gasteiger partial charge in [-0.15, -0.1) is 0 Å². The average Bonchev–Trinajstić information content (AvgIpc) is 3.36. The lowest BCUT2D eigenvalue weighted by molar-refractivity contribution is 0.0697. The van der Waals surface area contributed by atoms with Gasteiger partial charge in [0.25, 0.3) is 0 Å². The molecule has 4 heteroatoms. The Morgan fingerprint density at radius 3 is 2.48 bits per heavy atom. The van der Waals surface area contributed by atoms with Crippen molar-refractivity contribution in [2.75, 3.05) is 19.7 Å². The van der Waals surface area contributed by atoms with Crippen LogP contribution in [-0.4, -0.2) is 41.7 Å². The summed E-state index contributed by atoms with van der Waals surface area (Å²) in [5.41, 5.74) is 0.298. The molecule has 1 N–H and O–H groups in total. The average molecular weight is 289 g/mol. The molecule has 2 aliphatic rings. The van der Waals surface area contributed by atoms with Gasteiger partial charge in [-0.05, 0) is 62.3 Å². The predicted octanol–water partition coefficient (Wildman–Crippen LogP) is 3.03. The van der Waals surface area contributed by atoms with E-state index in [9.17, 15) is 4.79 Å². The van der Waals surface area contributed by atoms with Crippen LogP contribution < -0.4 is 4.74 Å². The summed E-state index contributed by atoms with van der Waals surface area (Å²) in [5.74, 6) is 0.803. The monoisotopic (exact) mass is 289 g/mol. The first-order valence-corrected chi connectivity index (χ1v) is 7.92. The van der Waals surface area contributed by atoms with Crippen molar-refractivity contribution in [2.45, 2.75) is 38.1 Å². The van der Waals surface area contributed by atoms with Crippen LogP contribution in [0.4, 0.5) is 0 Å². The molecule has 2 fully saturated rings. The summed E-state index contributed by atoms with van der Waals surface area (Å²) in [6.45, 7) is 3.09. The fourth-order valence-electron chi connectivity index (χ4n) is 2.65. The Balaban J connectivity index is 1.37. The van der Waals surface area contributed by atoms with Crippen LogP contribution in [-0.2, 0) is 0 Å². The Bertz CT molecular complexity index is 477. The first-order chi connectivity index (χ1) is 10.2. The van der Waals surface area contributed by atoms with E-state index < -0.39 is 5.97 Å². The van der Waals surface area contributed by atoms with Crippen LogP contribution in [0, 0.1) is 5.92 Å². The smallest absolute Gasteiger partial charge is 0.335 e. The predicted molar refractivity (Wildman–Crippen MR) is 80.8 cm³/mol. The normalized spacial score (nSPS) is 18.0. The Hall–Kier alpha value is -1.55. The lowest BCUT2D eigenvalue weighted by Crippen LogP contribution is -2.30. The molecule has 4 nitrogen and oxygen atoms in total. The lowest BCUT2D eigenvalue weighted by Gasteiger charge is -2.21. The summed E-state index contributed by atoms with van der Waals surface area (Å²) in [5, 5.41) is 8.84. The van der Waals surface area contributed by atoms with Gasteiger partial charge in [0.05, 0.1) is 12.2 Å². The Kier molecular flexibility index (Phi) is 4.44. The van der Waals surface area contributed by atoms with Crippen LogP contribution in [0.2, 0.25) is 0 Å². The number of rotatable bonds is 9. The molecule has 1 aromatic carbocycles. The van der Waals surface area contributed by atoms with Crippen LogP contribution in [0.3, 0.4) is 0 Å². The standard InChI is InChI=1S/C17H23NO3/c19-17(20)14-4-8-16(9-5-14)21-11-1-10-18(15-6-7-15)12-13-2-3-13/h4-5,8-9,13,15H,1-3,6-7,10-12H2,(H,19,20). The number of nitrogens with zero attached hydrogens (tertiary/aromatic N) is 1.